The van der Waals surface area contributed by atoms with Gasteiger partial charge in [-0.05, 0) is 40.2 Å². The molecule has 98 valence electrons. The Bertz CT molecular complexity index is 766. The van der Waals surface area contributed by atoms with E-state index in [1.807, 2.05) is 12.1 Å². The second-order valence-corrected chi connectivity index (χ2v) is 6.54. The van der Waals surface area contributed by atoms with Crippen molar-refractivity contribution in [3.8, 4) is 0 Å². The third-order valence-electron chi connectivity index (χ3n) is 2.77. The minimum absolute atomic E-state index is 0.0991. The van der Waals surface area contributed by atoms with Crippen molar-refractivity contribution in [3.05, 3.63) is 44.6 Å². The summed E-state index contributed by atoms with van der Waals surface area (Å²) in [4.78, 5) is 5.02. The Hall–Kier alpha value is -1.47. The lowest BCUT2D eigenvalue weighted by atomic mass is 10.3. The van der Waals surface area contributed by atoms with Crippen LogP contribution in [0, 0.1) is 11.6 Å². The molecule has 3 rings (SSSR count). The fraction of sp³-hybridized carbons (Fsp3) is 0.0833. The van der Waals surface area contributed by atoms with Crippen LogP contribution in [-0.2, 0) is 6.54 Å². The molecule has 2 aromatic heterocycles. The molecule has 2 heterocycles. The van der Waals surface area contributed by atoms with Gasteiger partial charge in [-0.1, -0.05) is 0 Å². The normalized spacial score (nSPS) is 11.3. The Labute approximate surface area is 119 Å². The summed E-state index contributed by atoms with van der Waals surface area (Å²) in [7, 11) is 0. The molecule has 0 aliphatic rings. The highest BCUT2D eigenvalue weighted by Crippen LogP contribution is 2.27. The fourth-order valence-electron chi connectivity index (χ4n) is 1.93. The van der Waals surface area contributed by atoms with Crippen molar-refractivity contribution in [2.75, 3.05) is 5.73 Å². The van der Waals surface area contributed by atoms with E-state index >= 15 is 0 Å². The van der Waals surface area contributed by atoms with E-state index < -0.39 is 11.6 Å². The van der Waals surface area contributed by atoms with Crippen molar-refractivity contribution in [1.29, 1.82) is 0 Å². The van der Waals surface area contributed by atoms with Crippen molar-refractivity contribution in [3.63, 3.8) is 0 Å². The molecule has 1 aromatic carbocycles. The smallest absolute Gasteiger partial charge is 0.201 e. The lowest BCUT2D eigenvalue weighted by Crippen LogP contribution is -2.04. The predicted molar refractivity (Wildman–Crippen MR) is 75.2 cm³/mol. The number of hydrogen-bond donors (Lipinski definition) is 1. The second-order valence-electron chi connectivity index (χ2n) is 3.99. The number of imidazole rings is 1. The number of benzene rings is 1. The van der Waals surface area contributed by atoms with E-state index in [1.165, 1.54) is 22.0 Å². The minimum atomic E-state index is -0.919. The lowest BCUT2D eigenvalue weighted by molar-refractivity contribution is 0.512. The number of nitrogens with zero attached hydrogens (tertiary/aromatic N) is 2. The first kappa shape index (κ1) is 12.6. The van der Waals surface area contributed by atoms with Crippen LogP contribution in [0.4, 0.5) is 14.7 Å². The molecule has 3 aromatic rings. The van der Waals surface area contributed by atoms with Gasteiger partial charge in [0, 0.05) is 4.88 Å². The van der Waals surface area contributed by atoms with Crippen LogP contribution < -0.4 is 5.73 Å². The van der Waals surface area contributed by atoms with Crippen molar-refractivity contribution in [2.45, 2.75) is 6.54 Å². The van der Waals surface area contributed by atoms with Gasteiger partial charge in [0.1, 0.15) is 5.52 Å². The predicted octanol–water partition coefficient (Wildman–Crippen LogP) is 3.77. The maximum atomic E-state index is 13.9. The monoisotopic (exact) mass is 343 g/mol. The largest absolute Gasteiger partial charge is 0.369 e. The first-order valence-electron chi connectivity index (χ1n) is 5.40. The summed E-state index contributed by atoms with van der Waals surface area (Å²) in [5, 5.41) is 0. The van der Waals surface area contributed by atoms with Crippen LogP contribution in [-0.4, -0.2) is 9.55 Å². The average molecular weight is 344 g/mol. The molecule has 0 fully saturated rings. The van der Waals surface area contributed by atoms with E-state index in [0.717, 1.165) is 14.7 Å². The summed E-state index contributed by atoms with van der Waals surface area (Å²) in [5.41, 5.74) is 6.24. The first-order chi connectivity index (χ1) is 9.06. The molecule has 0 spiro atoms. The Balaban J connectivity index is 2.17. The number of anilines is 1. The fourth-order valence-corrected chi connectivity index (χ4v) is 3.40. The van der Waals surface area contributed by atoms with Crippen LogP contribution in [0.3, 0.4) is 0 Å². The van der Waals surface area contributed by atoms with Gasteiger partial charge < -0.3 is 10.3 Å². The molecule has 19 heavy (non-hydrogen) atoms. The molecule has 0 atom stereocenters. The SMILES string of the molecule is Nc1nc2ccc(F)c(F)c2n1Cc1ccc(Br)s1. The van der Waals surface area contributed by atoms with Gasteiger partial charge in [-0.3, -0.25) is 0 Å². The van der Waals surface area contributed by atoms with Crippen molar-refractivity contribution in [1.82, 2.24) is 9.55 Å². The molecular weight excluding hydrogens is 336 g/mol. The number of nitrogen functional groups attached to an aromatic ring is 1. The van der Waals surface area contributed by atoms with Gasteiger partial charge in [0.05, 0.1) is 15.8 Å². The number of hydrogen-bond acceptors (Lipinski definition) is 3. The average Bonchev–Trinajstić information content (AvgIpc) is 2.90. The van der Waals surface area contributed by atoms with Crippen LogP contribution in [0.2, 0.25) is 0 Å². The second kappa shape index (κ2) is 4.57. The van der Waals surface area contributed by atoms with Crippen molar-refractivity contribution < 1.29 is 8.78 Å². The third kappa shape index (κ3) is 2.12. The zero-order valence-corrected chi connectivity index (χ0v) is 11.9. The Kier molecular flexibility index (Phi) is 3.02. The lowest BCUT2D eigenvalue weighted by Gasteiger charge is -2.05. The molecule has 2 N–H and O–H groups in total. The molecule has 0 unspecified atom stereocenters. The summed E-state index contributed by atoms with van der Waals surface area (Å²) in [6.07, 6.45) is 0. The Morgan fingerprint density at radius 2 is 2.05 bits per heavy atom. The van der Waals surface area contributed by atoms with E-state index in [4.69, 9.17) is 5.73 Å². The van der Waals surface area contributed by atoms with Crippen LogP contribution in [0.1, 0.15) is 4.88 Å². The highest BCUT2D eigenvalue weighted by atomic mass is 79.9. The molecule has 0 saturated carbocycles. The number of halogens is 3. The molecular formula is C12H8BrF2N3S. The number of nitrogens with two attached hydrogens (primary N) is 1. The van der Waals surface area contributed by atoms with Crippen LogP contribution in [0.25, 0.3) is 11.0 Å². The highest BCUT2D eigenvalue weighted by molar-refractivity contribution is 9.11. The molecule has 0 aliphatic carbocycles. The van der Waals surface area contributed by atoms with E-state index in [-0.39, 0.29) is 11.5 Å². The maximum Gasteiger partial charge on any atom is 0.201 e. The van der Waals surface area contributed by atoms with Crippen molar-refractivity contribution >= 4 is 44.2 Å². The Morgan fingerprint density at radius 1 is 1.26 bits per heavy atom. The third-order valence-corrected chi connectivity index (χ3v) is 4.38. The summed E-state index contributed by atoms with van der Waals surface area (Å²) < 4.78 is 29.6. The summed E-state index contributed by atoms with van der Waals surface area (Å²) in [6, 6.07) is 6.27. The van der Waals surface area contributed by atoms with Gasteiger partial charge in [-0.2, -0.15) is 0 Å². The van der Waals surface area contributed by atoms with Gasteiger partial charge in [0.15, 0.2) is 11.6 Å². The molecule has 0 radical (unpaired) electrons. The highest BCUT2D eigenvalue weighted by Gasteiger charge is 2.16. The summed E-state index contributed by atoms with van der Waals surface area (Å²) >= 11 is 4.87. The minimum Gasteiger partial charge on any atom is -0.369 e. The Morgan fingerprint density at radius 3 is 2.74 bits per heavy atom. The van der Waals surface area contributed by atoms with E-state index in [9.17, 15) is 8.78 Å². The quantitative estimate of drug-likeness (QED) is 0.769. The summed E-state index contributed by atoms with van der Waals surface area (Å²) in [5.74, 6) is -1.65. The molecule has 7 heteroatoms. The van der Waals surface area contributed by atoms with Gasteiger partial charge in [-0.15, -0.1) is 11.3 Å². The van der Waals surface area contributed by atoms with Crippen molar-refractivity contribution in [2.24, 2.45) is 0 Å². The zero-order valence-electron chi connectivity index (χ0n) is 9.53. The number of fused-ring (bicyclic) bond motifs is 1. The standard InChI is InChI=1S/C12H8BrF2N3S/c13-9-4-1-6(19-9)5-18-11-8(17-12(18)16)3-2-7(14)10(11)15/h1-4H,5H2,(H2,16,17). The van der Waals surface area contributed by atoms with Crippen LogP contribution in [0.5, 0.6) is 0 Å². The molecule has 0 bridgehead atoms. The molecule has 0 aliphatic heterocycles. The molecule has 0 saturated heterocycles. The first-order valence-corrected chi connectivity index (χ1v) is 7.01. The van der Waals surface area contributed by atoms with Gasteiger partial charge in [0.25, 0.3) is 0 Å². The van der Waals surface area contributed by atoms with Gasteiger partial charge >= 0.3 is 0 Å². The zero-order chi connectivity index (χ0) is 13.6. The number of rotatable bonds is 2. The van der Waals surface area contributed by atoms with E-state index in [0.29, 0.717) is 12.1 Å². The van der Waals surface area contributed by atoms with Gasteiger partial charge in [-0.25, -0.2) is 13.8 Å². The van der Waals surface area contributed by atoms with Gasteiger partial charge in [0.2, 0.25) is 5.95 Å². The topological polar surface area (TPSA) is 43.8 Å². The number of thiophene rings is 1. The number of aromatic nitrogens is 2. The molecule has 0 amide bonds. The summed E-state index contributed by atoms with van der Waals surface area (Å²) in [6.45, 7) is 0.360. The van der Waals surface area contributed by atoms with E-state index in [1.54, 1.807) is 0 Å². The van der Waals surface area contributed by atoms with Crippen LogP contribution >= 0.6 is 27.3 Å². The maximum absolute atomic E-state index is 13.9. The van der Waals surface area contributed by atoms with E-state index in [2.05, 4.69) is 20.9 Å². The molecule has 3 nitrogen and oxygen atoms in total. The van der Waals surface area contributed by atoms with Crippen LogP contribution in [0.15, 0.2) is 28.1 Å².